The molecule has 0 unspecified atom stereocenters. The van der Waals surface area contributed by atoms with Crippen molar-refractivity contribution < 1.29 is 0 Å². The molecule has 0 aliphatic rings. The molecule has 0 atom stereocenters. The van der Waals surface area contributed by atoms with Gasteiger partial charge in [-0.1, -0.05) is 82.7 Å². The monoisotopic (exact) mass is 438 g/mol. The van der Waals surface area contributed by atoms with Crippen LogP contribution in [-0.2, 0) is 0 Å². The number of halogens is 1. The summed E-state index contributed by atoms with van der Waals surface area (Å²) in [5.41, 5.74) is 2.59. The highest BCUT2D eigenvalue weighted by molar-refractivity contribution is 9.10. The second kappa shape index (κ2) is 6.16. The van der Waals surface area contributed by atoms with Crippen LogP contribution in [0.4, 0.5) is 0 Å². The minimum absolute atomic E-state index is 1.12. The Labute approximate surface area is 175 Å². The Balaban J connectivity index is 1.68. The van der Waals surface area contributed by atoms with Gasteiger partial charge in [-0.15, -0.1) is 11.3 Å². The summed E-state index contributed by atoms with van der Waals surface area (Å²) in [4.78, 5) is 0. The molecule has 0 saturated heterocycles. The van der Waals surface area contributed by atoms with Gasteiger partial charge in [-0.05, 0) is 56.9 Å². The van der Waals surface area contributed by atoms with E-state index in [1.54, 1.807) is 0 Å². The van der Waals surface area contributed by atoms with Crippen molar-refractivity contribution in [1.82, 2.24) is 0 Å². The second-order valence-electron chi connectivity index (χ2n) is 7.15. The fraction of sp³-hybridized carbons (Fsp3) is 0. The highest BCUT2D eigenvalue weighted by Crippen LogP contribution is 2.43. The highest BCUT2D eigenvalue weighted by atomic mass is 79.9. The van der Waals surface area contributed by atoms with Crippen molar-refractivity contribution in [2.24, 2.45) is 0 Å². The van der Waals surface area contributed by atoms with Gasteiger partial charge in [-0.3, -0.25) is 0 Å². The van der Waals surface area contributed by atoms with Gasteiger partial charge in [-0.2, -0.15) is 0 Å². The summed E-state index contributed by atoms with van der Waals surface area (Å²) < 4.78 is 3.84. The number of rotatable bonds is 1. The molecule has 6 aromatic rings. The SMILES string of the molecule is Brc1ccc2cc(-c3cccc4c3sc3ccc5ccccc5c34)ccc2c1. The molecule has 0 N–H and O–H groups in total. The highest BCUT2D eigenvalue weighted by Gasteiger charge is 2.12. The summed E-state index contributed by atoms with van der Waals surface area (Å²) in [6.45, 7) is 0. The molecule has 0 aliphatic carbocycles. The molecule has 0 fully saturated rings. The Morgan fingerprint density at radius 2 is 1.39 bits per heavy atom. The molecule has 0 saturated carbocycles. The van der Waals surface area contributed by atoms with E-state index in [-0.39, 0.29) is 0 Å². The van der Waals surface area contributed by atoms with Crippen molar-refractivity contribution in [3.05, 3.63) is 95.5 Å². The summed E-state index contributed by atoms with van der Waals surface area (Å²) in [5, 5.41) is 7.90. The van der Waals surface area contributed by atoms with Gasteiger partial charge >= 0.3 is 0 Å². The van der Waals surface area contributed by atoms with Crippen LogP contribution in [0.25, 0.3) is 52.8 Å². The van der Waals surface area contributed by atoms with Gasteiger partial charge in [0.25, 0.3) is 0 Å². The van der Waals surface area contributed by atoms with Crippen LogP contribution in [0, 0.1) is 0 Å². The van der Waals surface area contributed by atoms with Crippen LogP contribution in [0.15, 0.2) is 95.5 Å². The molecular weight excluding hydrogens is 424 g/mol. The van der Waals surface area contributed by atoms with Crippen LogP contribution in [-0.4, -0.2) is 0 Å². The van der Waals surface area contributed by atoms with E-state index in [0.717, 1.165) is 4.47 Å². The third-order valence-electron chi connectivity index (χ3n) is 5.50. The van der Waals surface area contributed by atoms with E-state index in [9.17, 15) is 0 Å². The maximum absolute atomic E-state index is 3.57. The van der Waals surface area contributed by atoms with E-state index in [4.69, 9.17) is 0 Å². The minimum atomic E-state index is 1.12. The largest absolute Gasteiger partial charge is 0.135 e. The fourth-order valence-corrected chi connectivity index (χ4v) is 5.81. The number of hydrogen-bond acceptors (Lipinski definition) is 1. The molecule has 5 aromatic carbocycles. The van der Waals surface area contributed by atoms with Crippen molar-refractivity contribution in [3.8, 4) is 11.1 Å². The van der Waals surface area contributed by atoms with Crippen molar-refractivity contribution in [2.45, 2.75) is 0 Å². The van der Waals surface area contributed by atoms with Crippen LogP contribution in [0.3, 0.4) is 0 Å². The molecule has 0 nitrogen and oxygen atoms in total. The molecule has 0 radical (unpaired) electrons. The predicted octanol–water partition coefficient (Wildman–Crippen LogP) is 8.79. The Bertz CT molecular complexity index is 1520. The second-order valence-corrected chi connectivity index (χ2v) is 9.12. The van der Waals surface area contributed by atoms with E-state index in [0.29, 0.717) is 0 Å². The van der Waals surface area contributed by atoms with Gasteiger partial charge in [0.05, 0.1) is 0 Å². The van der Waals surface area contributed by atoms with Crippen molar-refractivity contribution in [3.63, 3.8) is 0 Å². The molecule has 0 aliphatic heterocycles. The number of fused-ring (bicyclic) bond motifs is 6. The summed E-state index contributed by atoms with van der Waals surface area (Å²) >= 11 is 5.47. The molecular formula is C26H15BrS. The van der Waals surface area contributed by atoms with E-state index in [2.05, 4.69) is 107 Å². The zero-order valence-electron chi connectivity index (χ0n) is 14.9. The molecule has 6 rings (SSSR count). The summed E-state index contributed by atoms with van der Waals surface area (Å²) in [5.74, 6) is 0. The van der Waals surface area contributed by atoms with E-state index >= 15 is 0 Å². The normalized spacial score (nSPS) is 11.8. The lowest BCUT2D eigenvalue weighted by molar-refractivity contribution is 1.68. The molecule has 0 bridgehead atoms. The molecule has 0 amide bonds. The molecule has 0 spiro atoms. The fourth-order valence-electron chi connectivity index (χ4n) is 4.18. The van der Waals surface area contributed by atoms with Crippen LogP contribution >= 0.6 is 27.3 Å². The molecule has 28 heavy (non-hydrogen) atoms. The third kappa shape index (κ3) is 2.42. The quantitative estimate of drug-likeness (QED) is 0.240. The van der Waals surface area contributed by atoms with Crippen LogP contribution < -0.4 is 0 Å². The first-order valence-electron chi connectivity index (χ1n) is 9.31. The summed E-state index contributed by atoms with van der Waals surface area (Å²) in [6, 6.07) is 33.1. The Kier molecular flexibility index (Phi) is 3.59. The van der Waals surface area contributed by atoms with E-state index < -0.39 is 0 Å². The lowest BCUT2D eigenvalue weighted by Crippen LogP contribution is -1.80. The van der Waals surface area contributed by atoms with Crippen molar-refractivity contribution in [1.29, 1.82) is 0 Å². The number of hydrogen-bond donors (Lipinski definition) is 0. The van der Waals surface area contributed by atoms with Crippen LogP contribution in [0.5, 0.6) is 0 Å². The number of benzene rings is 5. The predicted molar refractivity (Wildman–Crippen MR) is 127 cm³/mol. The first-order valence-corrected chi connectivity index (χ1v) is 10.9. The van der Waals surface area contributed by atoms with Crippen LogP contribution in [0.1, 0.15) is 0 Å². The average molecular weight is 439 g/mol. The lowest BCUT2D eigenvalue weighted by atomic mass is 9.98. The molecule has 132 valence electrons. The smallest absolute Gasteiger partial charge is 0.0434 e. The van der Waals surface area contributed by atoms with Gasteiger partial charge in [0.15, 0.2) is 0 Å². The molecule has 2 heteroatoms. The topological polar surface area (TPSA) is 0 Å². The zero-order chi connectivity index (χ0) is 18.7. The Morgan fingerprint density at radius 1 is 0.607 bits per heavy atom. The van der Waals surface area contributed by atoms with Gasteiger partial charge in [0, 0.05) is 24.6 Å². The summed E-state index contributed by atoms with van der Waals surface area (Å²) in [6.07, 6.45) is 0. The van der Waals surface area contributed by atoms with Crippen molar-refractivity contribution in [2.75, 3.05) is 0 Å². The Morgan fingerprint density at radius 3 is 2.36 bits per heavy atom. The van der Waals surface area contributed by atoms with Gasteiger partial charge in [0.1, 0.15) is 0 Å². The van der Waals surface area contributed by atoms with Gasteiger partial charge in [-0.25, -0.2) is 0 Å². The van der Waals surface area contributed by atoms with Gasteiger partial charge in [0.2, 0.25) is 0 Å². The van der Waals surface area contributed by atoms with Crippen LogP contribution in [0.2, 0.25) is 0 Å². The van der Waals surface area contributed by atoms with Crippen molar-refractivity contribution >= 4 is 69.0 Å². The number of thiophene rings is 1. The minimum Gasteiger partial charge on any atom is -0.135 e. The Hall–Kier alpha value is -2.68. The lowest BCUT2D eigenvalue weighted by Gasteiger charge is -2.06. The first kappa shape index (κ1) is 16.3. The third-order valence-corrected chi connectivity index (χ3v) is 7.20. The maximum atomic E-state index is 3.57. The maximum Gasteiger partial charge on any atom is 0.0434 e. The molecule has 1 aromatic heterocycles. The first-order chi connectivity index (χ1) is 13.8. The standard InChI is InChI=1S/C26H15BrS/c27-20-12-10-17-14-19(9-8-18(17)15-20)22-6-3-7-23-25-21-5-2-1-4-16(21)11-13-24(25)28-26(22)23/h1-15H. The van der Waals surface area contributed by atoms with E-state index in [1.165, 1.54) is 52.8 Å². The summed E-state index contributed by atoms with van der Waals surface area (Å²) in [7, 11) is 0. The molecule has 1 heterocycles. The van der Waals surface area contributed by atoms with Gasteiger partial charge < -0.3 is 0 Å². The average Bonchev–Trinajstić information content (AvgIpc) is 3.12. The van der Waals surface area contributed by atoms with E-state index in [1.807, 2.05) is 11.3 Å². The zero-order valence-corrected chi connectivity index (χ0v) is 17.3.